The molecule has 112 valence electrons. The van der Waals surface area contributed by atoms with Crippen molar-refractivity contribution in [1.29, 1.82) is 0 Å². The molecule has 20 heavy (non-hydrogen) atoms. The van der Waals surface area contributed by atoms with Crippen molar-refractivity contribution in [1.82, 2.24) is 9.97 Å². The highest BCUT2D eigenvalue weighted by atomic mass is 16.1. The molecule has 7 nitrogen and oxygen atoms in total. The highest BCUT2D eigenvalue weighted by molar-refractivity contribution is 5.73. The highest BCUT2D eigenvalue weighted by Gasteiger charge is 2.12. The van der Waals surface area contributed by atoms with E-state index in [9.17, 15) is 4.79 Å². The summed E-state index contributed by atoms with van der Waals surface area (Å²) in [4.78, 5) is 19.5. The molecule has 1 rings (SSSR count). The minimum Gasteiger partial charge on any atom is -0.370 e. The molecule has 0 atom stereocenters. The number of rotatable bonds is 8. The molecule has 0 fully saturated rings. The SMILES string of the molecule is Cc1c(NN)nc(C(C)C)nc1NCCCCC(N)=O. The third-order valence-electron chi connectivity index (χ3n) is 2.96. The summed E-state index contributed by atoms with van der Waals surface area (Å²) in [6.07, 6.45) is 2.04. The molecule has 1 aromatic heterocycles. The maximum atomic E-state index is 10.6. The van der Waals surface area contributed by atoms with Gasteiger partial charge in [0.2, 0.25) is 5.91 Å². The molecule has 0 aliphatic rings. The number of carbonyl (C=O) groups excluding carboxylic acids is 1. The average Bonchev–Trinajstić information content (AvgIpc) is 2.39. The van der Waals surface area contributed by atoms with E-state index in [1.807, 2.05) is 20.8 Å². The second-order valence-electron chi connectivity index (χ2n) is 5.05. The molecule has 0 saturated heterocycles. The summed E-state index contributed by atoms with van der Waals surface area (Å²) in [6, 6.07) is 0. The van der Waals surface area contributed by atoms with Gasteiger partial charge in [-0.25, -0.2) is 15.8 Å². The summed E-state index contributed by atoms with van der Waals surface area (Å²) >= 11 is 0. The Morgan fingerprint density at radius 1 is 1.25 bits per heavy atom. The Labute approximate surface area is 119 Å². The van der Waals surface area contributed by atoms with Crippen LogP contribution in [-0.4, -0.2) is 22.4 Å². The van der Waals surface area contributed by atoms with Gasteiger partial charge >= 0.3 is 0 Å². The number of aromatic nitrogens is 2. The normalized spacial score (nSPS) is 10.7. The molecule has 0 radical (unpaired) electrons. The maximum absolute atomic E-state index is 10.6. The summed E-state index contributed by atoms with van der Waals surface area (Å²) in [6.45, 7) is 6.70. The number of primary amides is 1. The van der Waals surface area contributed by atoms with Crippen molar-refractivity contribution in [3.05, 3.63) is 11.4 Å². The zero-order valence-corrected chi connectivity index (χ0v) is 12.4. The molecule has 0 unspecified atom stereocenters. The molecule has 0 spiro atoms. The number of nitrogen functional groups attached to an aromatic ring is 1. The summed E-state index contributed by atoms with van der Waals surface area (Å²) < 4.78 is 0. The van der Waals surface area contributed by atoms with Gasteiger partial charge in [-0.2, -0.15) is 0 Å². The first kappa shape index (κ1) is 16.2. The Hall–Kier alpha value is -1.89. The van der Waals surface area contributed by atoms with Gasteiger partial charge in [0.15, 0.2) is 0 Å². The third-order valence-corrected chi connectivity index (χ3v) is 2.96. The Morgan fingerprint density at radius 2 is 1.90 bits per heavy atom. The lowest BCUT2D eigenvalue weighted by Gasteiger charge is -2.14. The zero-order valence-electron chi connectivity index (χ0n) is 12.4. The van der Waals surface area contributed by atoms with E-state index < -0.39 is 0 Å². The zero-order chi connectivity index (χ0) is 15.1. The molecule has 1 aromatic rings. The van der Waals surface area contributed by atoms with Gasteiger partial charge in [-0.3, -0.25) is 4.79 Å². The Morgan fingerprint density at radius 3 is 2.45 bits per heavy atom. The van der Waals surface area contributed by atoms with Crippen molar-refractivity contribution < 1.29 is 4.79 Å². The van der Waals surface area contributed by atoms with Crippen LogP contribution >= 0.6 is 0 Å². The maximum Gasteiger partial charge on any atom is 0.217 e. The van der Waals surface area contributed by atoms with Crippen molar-refractivity contribution in [2.75, 3.05) is 17.3 Å². The van der Waals surface area contributed by atoms with Crippen LogP contribution in [0.1, 0.15) is 50.4 Å². The highest BCUT2D eigenvalue weighted by Crippen LogP contribution is 2.22. The van der Waals surface area contributed by atoms with Crippen molar-refractivity contribution in [3.8, 4) is 0 Å². The first-order valence-electron chi connectivity index (χ1n) is 6.83. The summed E-state index contributed by atoms with van der Waals surface area (Å²) in [7, 11) is 0. The first-order chi connectivity index (χ1) is 9.45. The molecule has 0 bridgehead atoms. The van der Waals surface area contributed by atoms with E-state index in [0.29, 0.717) is 12.2 Å². The van der Waals surface area contributed by atoms with Crippen LogP contribution in [0.5, 0.6) is 0 Å². The minimum atomic E-state index is -0.264. The van der Waals surface area contributed by atoms with Gasteiger partial charge in [-0.15, -0.1) is 0 Å². The number of unbranched alkanes of at least 4 members (excludes halogenated alkanes) is 1. The third kappa shape index (κ3) is 4.65. The molecule has 0 saturated carbocycles. The topological polar surface area (TPSA) is 119 Å². The van der Waals surface area contributed by atoms with E-state index in [0.717, 1.165) is 36.6 Å². The van der Waals surface area contributed by atoms with Gasteiger partial charge < -0.3 is 16.5 Å². The molecule has 0 aromatic carbocycles. The fourth-order valence-electron chi connectivity index (χ4n) is 1.74. The predicted octanol–water partition coefficient (Wildman–Crippen LogP) is 1.26. The number of carbonyl (C=O) groups is 1. The van der Waals surface area contributed by atoms with Crippen molar-refractivity contribution in [2.24, 2.45) is 11.6 Å². The minimum absolute atomic E-state index is 0.220. The lowest BCUT2D eigenvalue weighted by Crippen LogP contribution is -2.16. The van der Waals surface area contributed by atoms with Gasteiger partial charge in [0.05, 0.1) is 0 Å². The quantitative estimate of drug-likeness (QED) is 0.323. The smallest absolute Gasteiger partial charge is 0.217 e. The van der Waals surface area contributed by atoms with Crippen LogP contribution in [0.4, 0.5) is 11.6 Å². The van der Waals surface area contributed by atoms with E-state index in [2.05, 4.69) is 20.7 Å². The Kier molecular flexibility index (Phi) is 6.17. The lowest BCUT2D eigenvalue weighted by molar-refractivity contribution is -0.118. The molecule has 1 amide bonds. The number of hydrogen-bond acceptors (Lipinski definition) is 6. The molecule has 6 N–H and O–H groups in total. The van der Waals surface area contributed by atoms with Gasteiger partial charge in [0, 0.05) is 24.4 Å². The monoisotopic (exact) mass is 280 g/mol. The van der Waals surface area contributed by atoms with Gasteiger partial charge in [-0.1, -0.05) is 13.8 Å². The van der Waals surface area contributed by atoms with Crippen LogP contribution in [0, 0.1) is 6.92 Å². The number of nitrogens with zero attached hydrogens (tertiary/aromatic N) is 2. The Bertz CT molecular complexity index is 460. The number of anilines is 2. The fraction of sp³-hybridized carbons (Fsp3) is 0.615. The van der Waals surface area contributed by atoms with Crippen molar-refractivity contribution >= 4 is 17.5 Å². The van der Waals surface area contributed by atoms with E-state index in [4.69, 9.17) is 11.6 Å². The van der Waals surface area contributed by atoms with Crippen LogP contribution in [0.2, 0.25) is 0 Å². The standard InChI is InChI=1S/C13H24N6O/c1-8(2)11-17-12(9(3)13(18-11)19-15)16-7-5-4-6-10(14)20/h8H,4-7,15H2,1-3H3,(H2,14,20)(H2,16,17,18,19). The van der Waals surface area contributed by atoms with Crippen LogP contribution in [0.15, 0.2) is 0 Å². The summed E-state index contributed by atoms with van der Waals surface area (Å²) in [5.74, 6) is 7.58. The van der Waals surface area contributed by atoms with E-state index in [-0.39, 0.29) is 11.8 Å². The number of hydrogen-bond donors (Lipinski definition) is 4. The largest absolute Gasteiger partial charge is 0.370 e. The van der Waals surface area contributed by atoms with E-state index >= 15 is 0 Å². The van der Waals surface area contributed by atoms with Crippen LogP contribution in [0.3, 0.4) is 0 Å². The second-order valence-corrected chi connectivity index (χ2v) is 5.05. The molecule has 7 heteroatoms. The van der Waals surface area contributed by atoms with Gasteiger partial charge in [0.1, 0.15) is 17.5 Å². The van der Waals surface area contributed by atoms with Crippen LogP contribution in [0.25, 0.3) is 0 Å². The van der Waals surface area contributed by atoms with Crippen LogP contribution in [-0.2, 0) is 4.79 Å². The average molecular weight is 280 g/mol. The molecule has 0 aliphatic heterocycles. The second kappa shape index (κ2) is 7.64. The number of amides is 1. The molecule has 1 heterocycles. The fourth-order valence-corrected chi connectivity index (χ4v) is 1.74. The molecular formula is C13H24N6O. The van der Waals surface area contributed by atoms with E-state index in [1.165, 1.54) is 0 Å². The van der Waals surface area contributed by atoms with Crippen molar-refractivity contribution in [3.63, 3.8) is 0 Å². The van der Waals surface area contributed by atoms with Crippen molar-refractivity contribution in [2.45, 2.75) is 46.0 Å². The van der Waals surface area contributed by atoms with Gasteiger partial charge in [0.25, 0.3) is 0 Å². The lowest BCUT2D eigenvalue weighted by atomic mass is 10.2. The summed E-state index contributed by atoms with van der Waals surface area (Å²) in [5, 5.41) is 3.26. The van der Waals surface area contributed by atoms with Gasteiger partial charge in [-0.05, 0) is 19.8 Å². The molecular weight excluding hydrogens is 256 g/mol. The number of hydrazine groups is 1. The molecule has 0 aliphatic carbocycles. The van der Waals surface area contributed by atoms with E-state index in [1.54, 1.807) is 0 Å². The number of nitrogens with one attached hydrogen (secondary N) is 2. The summed E-state index contributed by atoms with van der Waals surface area (Å²) in [5.41, 5.74) is 8.58. The Balaban J connectivity index is 2.68. The first-order valence-corrected chi connectivity index (χ1v) is 6.83. The predicted molar refractivity (Wildman–Crippen MR) is 80.2 cm³/mol. The van der Waals surface area contributed by atoms with Crippen LogP contribution < -0.4 is 22.3 Å². The number of nitrogens with two attached hydrogens (primary N) is 2.